The molecule has 0 bridgehead atoms. The zero-order valence-electron chi connectivity index (χ0n) is 17.2. The number of rotatable bonds is 4. The van der Waals surface area contributed by atoms with Crippen LogP contribution in [-0.2, 0) is 9.59 Å². The maximum atomic E-state index is 12.4. The van der Waals surface area contributed by atoms with Gasteiger partial charge in [0.25, 0.3) is 0 Å². The fourth-order valence-corrected chi connectivity index (χ4v) is 3.65. The van der Waals surface area contributed by atoms with E-state index in [1.54, 1.807) is 0 Å². The maximum absolute atomic E-state index is 12.4. The van der Waals surface area contributed by atoms with E-state index in [0.29, 0.717) is 6.42 Å². The van der Waals surface area contributed by atoms with Crippen LogP contribution in [0, 0.1) is 0 Å². The molecule has 2 amide bonds. The topological polar surface area (TPSA) is 82.6 Å². The summed E-state index contributed by atoms with van der Waals surface area (Å²) in [5.41, 5.74) is 7.06. The number of fused-ring (bicyclic) bond motifs is 1. The van der Waals surface area contributed by atoms with Crippen LogP contribution < -0.4 is 16.1 Å². The molecule has 0 fully saturated rings. The van der Waals surface area contributed by atoms with Crippen molar-refractivity contribution in [2.75, 3.05) is 5.32 Å². The molecule has 6 heteroatoms. The average molecular weight is 412 g/mol. The summed E-state index contributed by atoms with van der Waals surface area (Å²) in [7, 11) is 0. The van der Waals surface area contributed by atoms with Gasteiger partial charge in [-0.3, -0.25) is 9.59 Å². The standard InChI is InChI=1S/C25H24N4O2/c1-17(18-10-4-2-5-11-18)26-24(30)25(31)29-28-23-16-22(19-12-6-3-7-13-19)27-21-15-9-8-14-20(21)23/h2-15,17,22,27H,16H2,1H3,(H,26,30)(H,29,31)/b28-23+/t17?,22-/m0/s1. The molecule has 2 atom stereocenters. The smallest absolute Gasteiger partial charge is 0.329 e. The highest BCUT2D eigenvalue weighted by Crippen LogP contribution is 2.32. The van der Waals surface area contributed by atoms with E-state index in [1.807, 2.05) is 79.7 Å². The Hall–Kier alpha value is -3.93. The number of nitrogens with one attached hydrogen (secondary N) is 3. The van der Waals surface area contributed by atoms with Crippen LogP contribution in [0.5, 0.6) is 0 Å². The number of anilines is 1. The Morgan fingerprint density at radius 2 is 1.55 bits per heavy atom. The van der Waals surface area contributed by atoms with E-state index < -0.39 is 11.8 Å². The average Bonchev–Trinajstić information content (AvgIpc) is 2.83. The number of para-hydroxylation sites is 1. The monoisotopic (exact) mass is 412 g/mol. The Morgan fingerprint density at radius 3 is 2.29 bits per heavy atom. The summed E-state index contributed by atoms with van der Waals surface area (Å²) >= 11 is 0. The van der Waals surface area contributed by atoms with Crippen LogP contribution in [-0.4, -0.2) is 17.5 Å². The van der Waals surface area contributed by atoms with Crippen molar-refractivity contribution in [3.05, 3.63) is 102 Å². The number of amides is 2. The Bertz CT molecular complexity index is 1100. The Morgan fingerprint density at radius 1 is 0.903 bits per heavy atom. The fraction of sp³-hybridized carbons (Fsp3) is 0.160. The number of carbonyl (C=O) groups is 2. The van der Waals surface area contributed by atoms with Crippen LogP contribution in [0.1, 0.15) is 42.1 Å². The van der Waals surface area contributed by atoms with E-state index in [4.69, 9.17) is 0 Å². The van der Waals surface area contributed by atoms with Crippen LogP contribution in [0.15, 0.2) is 90.0 Å². The first-order valence-corrected chi connectivity index (χ1v) is 10.2. The Balaban J connectivity index is 1.48. The molecule has 3 N–H and O–H groups in total. The van der Waals surface area contributed by atoms with E-state index >= 15 is 0 Å². The molecule has 3 aromatic rings. The highest BCUT2D eigenvalue weighted by Gasteiger charge is 2.25. The molecule has 3 aromatic carbocycles. The highest BCUT2D eigenvalue weighted by molar-refractivity contribution is 6.35. The van der Waals surface area contributed by atoms with Gasteiger partial charge >= 0.3 is 11.8 Å². The Labute approximate surface area is 181 Å². The summed E-state index contributed by atoms with van der Waals surface area (Å²) in [5.74, 6) is -1.51. The molecule has 0 saturated carbocycles. The first-order valence-electron chi connectivity index (χ1n) is 10.2. The maximum Gasteiger partial charge on any atom is 0.329 e. The van der Waals surface area contributed by atoms with Gasteiger partial charge in [0, 0.05) is 17.7 Å². The molecule has 0 radical (unpaired) electrons. The first kappa shape index (κ1) is 20.3. The van der Waals surface area contributed by atoms with Gasteiger partial charge in [0.1, 0.15) is 0 Å². The summed E-state index contributed by atoms with van der Waals surface area (Å²) in [4.78, 5) is 24.7. The minimum atomic E-state index is -0.789. The number of nitrogens with zero attached hydrogens (tertiary/aromatic N) is 1. The van der Waals surface area contributed by atoms with Crippen molar-refractivity contribution in [2.45, 2.75) is 25.4 Å². The molecule has 1 aliphatic heterocycles. The quantitative estimate of drug-likeness (QED) is 0.448. The van der Waals surface area contributed by atoms with Crippen LogP contribution in [0.25, 0.3) is 0 Å². The minimum Gasteiger partial charge on any atom is -0.377 e. The molecule has 156 valence electrons. The number of benzene rings is 3. The van der Waals surface area contributed by atoms with Crippen molar-refractivity contribution >= 4 is 23.2 Å². The second kappa shape index (κ2) is 9.26. The van der Waals surface area contributed by atoms with Crippen molar-refractivity contribution < 1.29 is 9.59 Å². The van der Waals surface area contributed by atoms with Gasteiger partial charge in [0.15, 0.2) is 0 Å². The summed E-state index contributed by atoms with van der Waals surface area (Å²) in [6.45, 7) is 1.83. The van der Waals surface area contributed by atoms with Crippen LogP contribution in [0.4, 0.5) is 5.69 Å². The molecule has 0 saturated heterocycles. The number of carbonyl (C=O) groups excluding carboxylic acids is 2. The van der Waals surface area contributed by atoms with Crippen LogP contribution in [0.2, 0.25) is 0 Å². The highest BCUT2D eigenvalue weighted by atomic mass is 16.2. The molecule has 1 heterocycles. The second-order valence-corrected chi connectivity index (χ2v) is 7.46. The molecule has 4 rings (SSSR count). The molecule has 31 heavy (non-hydrogen) atoms. The zero-order chi connectivity index (χ0) is 21.6. The van der Waals surface area contributed by atoms with Gasteiger partial charge in [-0.15, -0.1) is 0 Å². The number of hydrazone groups is 1. The third-order valence-electron chi connectivity index (χ3n) is 5.31. The lowest BCUT2D eigenvalue weighted by Crippen LogP contribution is -2.39. The molecule has 0 aromatic heterocycles. The van der Waals surface area contributed by atoms with Gasteiger partial charge in [0.2, 0.25) is 0 Å². The van der Waals surface area contributed by atoms with Crippen molar-refractivity contribution in [1.82, 2.24) is 10.7 Å². The molecular weight excluding hydrogens is 388 g/mol. The van der Waals surface area contributed by atoms with Gasteiger partial charge in [0.05, 0.1) is 17.8 Å². The van der Waals surface area contributed by atoms with Crippen LogP contribution in [0.3, 0.4) is 0 Å². The summed E-state index contributed by atoms with van der Waals surface area (Å²) < 4.78 is 0. The normalized spacial score (nSPS) is 17.2. The lowest BCUT2D eigenvalue weighted by Gasteiger charge is -2.28. The fourth-order valence-electron chi connectivity index (χ4n) is 3.65. The van der Waals surface area contributed by atoms with Gasteiger partial charge in [-0.2, -0.15) is 5.10 Å². The van der Waals surface area contributed by atoms with Crippen molar-refractivity contribution in [2.24, 2.45) is 5.10 Å². The zero-order valence-corrected chi connectivity index (χ0v) is 17.2. The lowest BCUT2D eigenvalue weighted by molar-refractivity contribution is -0.139. The first-order chi connectivity index (χ1) is 15.1. The largest absolute Gasteiger partial charge is 0.377 e. The second-order valence-electron chi connectivity index (χ2n) is 7.46. The SMILES string of the molecule is CC(NC(=O)C(=O)N/N=C1\C[C@@H](c2ccccc2)Nc2ccccc21)c1ccccc1. The van der Waals surface area contributed by atoms with E-state index in [-0.39, 0.29) is 12.1 Å². The van der Waals surface area contributed by atoms with Gasteiger partial charge in [-0.25, -0.2) is 5.43 Å². The lowest BCUT2D eigenvalue weighted by atomic mass is 9.92. The number of hydrogen-bond donors (Lipinski definition) is 3. The third kappa shape index (κ3) is 4.80. The predicted molar refractivity (Wildman–Crippen MR) is 122 cm³/mol. The molecule has 6 nitrogen and oxygen atoms in total. The van der Waals surface area contributed by atoms with Gasteiger partial charge < -0.3 is 10.6 Å². The van der Waals surface area contributed by atoms with Crippen LogP contribution >= 0.6 is 0 Å². The summed E-state index contributed by atoms with van der Waals surface area (Å²) in [5, 5.41) is 10.5. The predicted octanol–water partition coefficient (Wildman–Crippen LogP) is 3.94. The van der Waals surface area contributed by atoms with E-state index in [9.17, 15) is 9.59 Å². The molecular formula is C25H24N4O2. The molecule has 0 spiro atoms. The van der Waals surface area contributed by atoms with Gasteiger partial charge in [-0.1, -0.05) is 78.9 Å². The third-order valence-corrected chi connectivity index (χ3v) is 5.31. The van der Waals surface area contributed by atoms with Crippen molar-refractivity contribution in [3.8, 4) is 0 Å². The summed E-state index contributed by atoms with van der Waals surface area (Å²) in [6.07, 6.45) is 0.587. The van der Waals surface area contributed by atoms with Gasteiger partial charge in [-0.05, 0) is 24.1 Å². The molecule has 1 unspecified atom stereocenters. The minimum absolute atomic E-state index is 0.0266. The molecule has 0 aliphatic carbocycles. The van der Waals surface area contributed by atoms with E-state index in [1.165, 1.54) is 0 Å². The summed E-state index contributed by atoms with van der Waals surface area (Å²) in [6, 6.07) is 27.1. The van der Waals surface area contributed by atoms with E-state index in [0.717, 1.165) is 28.1 Å². The Kier molecular flexibility index (Phi) is 6.08. The van der Waals surface area contributed by atoms with Crippen molar-refractivity contribution in [1.29, 1.82) is 0 Å². The molecule has 1 aliphatic rings. The van der Waals surface area contributed by atoms with Crippen molar-refractivity contribution in [3.63, 3.8) is 0 Å². The van der Waals surface area contributed by atoms with E-state index in [2.05, 4.69) is 33.3 Å². The number of hydrogen-bond acceptors (Lipinski definition) is 4.